The molecule has 0 bridgehead atoms. The van der Waals surface area contributed by atoms with Crippen molar-refractivity contribution in [2.24, 2.45) is 0 Å². The van der Waals surface area contributed by atoms with Gasteiger partial charge in [-0.2, -0.15) is 0 Å². The number of hydrogen-bond donors (Lipinski definition) is 1. The van der Waals surface area contributed by atoms with Gasteiger partial charge in [-0.1, -0.05) is 61.0 Å². The maximum atomic E-state index is 11.6. The van der Waals surface area contributed by atoms with Crippen LogP contribution in [0.5, 0.6) is 5.75 Å². The maximum absolute atomic E-state index is 11.6. The van der Waals surface area contributed by atoms with Crippen molar-refractivity contribution in [3.63, 3.8) is 0 Å². The SMILES string of the molecule is CCS(=O)(=O)Nc1ccc(/C=C/c2cc(Br)cc(C(C)(C)C)c2OC)cc1. The first kappa shape index (κ1) is 21.5. The normalized spacial score (nSPS) is 12.4. The highest BCUT2D eigenvalue weighted by Crippen LogP contribution is 2.37. The zero-order valence-electron chi connectivity index (χ0n) is 16.3. The van der Waals surface area contributed by atoms with Gasteiger partial charge in [-0.3, -0.25) is 4.72 Å². The molecular formula is C21H26BrNO3S. The highest BCUT2D eigenvalue weighted by molar-refractivity contribution is 9.10. The molecule has 0 aliphatic rings. The summed E-state index contributed by atoms with van der Waals surface area (Å²) in [6.07, 6.45) is 3.99. The van der Waals surface area contributed by atoms with Crippen LogP contribution in [0.3, 0.4) is 0 Å². The van der Waals surface area contributed by atoms with Crippen molar-refractivity contribution in [3.8, 4) is 5.75 Å². The fourth-order valence-corrected chi connectivity index (χ4v) is 3.74. The molecule has 0 aliphatic carbocycles. The van der Waals surface area contributed by atoms with E-state index in [4.69, 9.17) is 4.74 Å². The highest BCUT2D eigenvalue weighted by Gasteiger charge is 2.21. The van der Waals surface area contributed by atoms with Gasteiger partial charge in [-0.25, -0.2) is 8.42 Å². The Hall–Kier alpha value is -1.79. The van der Waals surface area contributed by atoms with E-state index in [2.05, 4.69) is 47.5 Å². The lowest BCUT2D eigenvalue weighted by atomic mass is 9.85. The summed E-state index contributed by atoms with van der Waals surface area (Å²) in [5.74, 6) is 0.905. The highest BCUT2D eigenvalue weighted by atomic mass is 79.9. The van der Waals surface area contributed by atoms with Gasteiger partial charge in [-0.05, 0) is 42.2 Å². The number of anilines is 1. The van der Waals surface area contributed by atoms with Crippen molar-refractivity contribution in [3.05, 3.63) is 57.6 Å². The summed E-state index contributed by atoms with van der Waals surface area (Å²) in [6.45, 7) is 8.07. The van der Waals surface area contributed by atoms with E-state index in [1.165, 1.54) is 0 Å². The number of methoxy groups -OCH3 is 1. The van der Waals surface area contributed by atoms with Crippen molar-refractivity contribution in [2.45, 2.75) is 33.1 Å². The number of benzene rings is 2. The smallest absolute Gasteiger partial charge is 0.232 e. The van der Waals surface area contributed by atoms with Crippen molar-refractivity contribution in [1.82, 2.24) is 0 Å². The van der Waals surface area contributed by atoms with Crippen LogP contribution in [-0.4, -0.2) is 21.3 Å². The second-order valence-electron chi connectivity index (χ2n) is 7.29. The molecule has 4 nitrogen and oxygen atoms in total. The summed E-state index contributed by atoms with van der Waals surface area (Å²) in [7, 11) is -1.58. The lowest BCUT2D eigenvalue weighted by molar-refractivity contribution is 0.396. The zero-order valence-corrected chi connectivity index (χ0v) is 18.7. The number of hydrogen-bond acceptors (Lipinski definition) is 3. The summed E-state index contributed by atoms with van der Waals surface area (Å²) in [6, 6.07) is 11.4. The number of ether oxygens (including phenoxy) is 1. The third-order valence-electron chi connectivity index (χ3n) is 4.11. The maximum Gasteiger partial charge on any atom is 0.232 e. The van der Waals surface area contributed by atoms with Gasteiger partial charge in [0.25, 0.3) is 0 Å². The van der Waals surface area contributed by atoms with Crippen LogP contribution in [0.2, 0.25) is 0 Å². The van der Waals surface area contributed by atoms with Crippen molar-refractivity contribution in [1.29, 1.82) is 0 Å². The van der Waals surface area contributed by atoms with E-state index in [1.54, 1.807) is 26.2 Å². The van der Waals surface area contributed by atoms with Gasteiger partial charge in [-0.15, -0.1) is 0 Å². The van der Waals surface area contributed by atoms with Crippen LogP contribution in [0.15, 0.2) is 40.9 Å². The zero-order chi connectivity index (χ0) is 20.2. The second-order valence-corrected chi connectivity index (χ2v) is 10.2. The monoisotopic (exact) mass is 451 g/mol. The molecule has 0 aliphatic heterocycles. The van der Waals surface area contributed by atoms with Gasteiger partial charge in [0.2, 0.25) is 10.0 Å². The molecule has 0 saturated heterocycles. The van der Waals surface area contributed by atoms with Crippen molar-refractivity contribution < 1.29 is 13.2 Å². The van der Waals surface area contributed by atoms with Crippen LogP contribution >= 0.6 is 15.9 Å². The van der Waals surface area contributed by atoms with Crippen LogP contribution in [0.1, 0.15) is 44.4 Å². The standard InChI is InChI=1S/C21H26BrNO3S/c1-6-27(24,25)23-18-11-8-15(9-12-18)7-10-16-13-17(22)14-19(20(16)26-5)21(2,3)4/h7-14,23H,6H2,1-5H3/b10-7+. The second kappa shape index (κ2) is 8.48. The molecule has 0 saturated carbocycles. The molecule has 0 spiro atoms. The lowest BCUT2D eigenvalue weighted by Gasteiger charge is -2.24. The number of sulfonamides is 1. The van der Waals surface area contributed by atoms with E-state index in [1.807, 2.05) is 30.4 Å². The molecule has 0 heterocycles. The van der Waals surface area contributed by atoms with E-state index in [0.29, 0.717) is 5.69 Å². The fraction of sp³-hybridized carbons (Fsp3) is 0.333. The predicted molar refractivity (Wildman–Crippen MR) is 118 cm³/mol. The minimum absolute atomic E-state index is 0.0458. The summed E-state index contributed by atoms with van der Waals surface area (Å²) >= 11 is 3.58. The largest absolute Gasteiger partial charge is 0.496 e. The molecule has 0 atom stereocenters. The Labute approximate surface area is 170 Å². The van der Waals surface area contributed by atoms with Gasteiger partial charge in [0.15, 0.2) is 0 Å². The Bertz CT molecular complexity index is 927. The molecule has 6 heteroatoms. The summed E-state index contributed by atoms with van der Waals surface area (Å²) < 4.78 is 32.5. The van der Waals surface area contributed by atoms with Crippen LogP contribution < -0.4 is 9.46 Å². The third-order valence-corrected chi connectivity index (χ3v) is 5.88. The van der Waals surface area contributed by atoms with E-state index in [9.17, 15) is 8.42 Å². The summed E-state index contributed by atoms with van der Waals surface area (Å²) in [4.78, 5) is 0. The average molecular weight is 452 g/mol. The number of nitrogens with one attached hydrogen (secondary N) is 1. The molecular weight excluding hydrogens is 426 g/mol. The minimum Gasteiger partial charge on any atom is -0.496 e. The van der Waals surface area contributed by atoms with Crippen LogP contribution in [0, 0.1) is 0 Å². The van der Waals surface area contributed by atoms with Crippen LogP contribution in [-0.2, 0) is 15.4 Å². The Balaban J connectivity index is 2.32. The van der Waals surface area contributed by atoms with Gasteiger partial charge in [0.1, 0.15) is 5.75 Å². The first-order valence-electron chi connectivity index (χ1n) is 8.72. The molecule has 0 radical (unpaired) electrons. The first-order chi connectivity index (χ1) is 12.6. The Morgan fingerprint density at radius 2 is 1.74 bits per heavy atom. The Kier molecular flexibility index (Phi) is 6.76. The molecule has 2 aromatic carbocycles. The fourth-order valence-electron chi connectivity index (χ4n) is 2.62. The molecule has 0 amide bonds. The van der Waals surface area contributed by atoms with Gasteiger partial charge in [0, 0.05) is 21.3 Å². The van der Waals surface area contributed by atoms with Crippen LogP contribution in [0.4, 0.5) is 5.69 Å². The molecule has 0 aromatic heterocycles. The Morgan fingerprint density at radius 3 is 2.26 bits per heavy atom. The van der Waals surface area contributed by atoms with E-state index >= 15 is 0 Å². The van der Waals surface area contributed by atoms with E-state index in [0.717, 1.165) is 26.9 Å². The number of rotatable bonds is 6. The lowest BCUT2D eigenvalue weighted by Crippen LogP contribution is -2.14. The Morgan fingerprint density at radius 1 is 1.11 bits per heavy atom. The van der Waals surface area contributed by atoms with E-state index in [-0.39, 0.29) is 11.2 Å². The predicted octanol–water partition coefficient (Wildman–Crippen LogP) is 5.69. The minimum atomic E-state index is -3.26. The average Bonchev–Trinajstić information content (AvgIpc) is 2.59. The quantitative estimate of drug-likeness (QED) is 0.573. The molecule has 0 unspecified atom stereocenters. The van der Waals surface area contributed by atoms with Crippen molar-refractivity contribution in [2.75, 3.05) is 17.6 Å². The van der Waals surface area contributed by atoms with Gasteiger partial charge in [0.05, 0.1) is 12.9 Å². The first-order valence-corrected chi connectivity index (χ1v) is 11.2. The number of halogens is 1. The topological polar surface area (TPSA) is 55.4 Å². The summed E-state index contributed by atoms with van der Waals surface area (Å²) in [5, 5.41) is 0. The van der Waals surface area contributed by atoms with Gasteiger partial charge < -0.3 is 4.74 Å². The summed E-state index contributed by atoms with van der Waals surface area (Å²) in [5.41, 5.74) is 3.59. The molecule has 0 fully saturated rings. The molecule has 1 N–H and O–H groups in total. The van der Waals surface area contributed by atoms with Gasteiger partial charge >= 0.3 is 0 Å². The molecule has 2 rings (SSSR count). The van der Waals surface area contributed by atoms with E-state index < -0.39 is 10.0 Å². The molecule has 146 valence electrons. The third kappa shape index (κ3) is 5.84. The van der Waals surface area contributed by atoms with Crippen molar-refractivity contribution >= 4 is 43.8 Å². The van der Waals surface area contributed by atoms with Crippen LogP contribution in [0.25, 0.3) is 12.2 Å². The molecule has 2 aromatic rings. The molecule has 27 heavy (non-hydrogen) atoms.